The van der Waals surface area contributed by atoms with Gasteiger partial charge < -0.3 is 5.32 Å². The number of nitrogens with one attached hydrogen (secondary N) is 1. The monoisotopic (exact) mass is 201 g/mol. The molecule has 0 aromatic heterocycles. The second-order valence-electron chi connectivity index (χ2n) is 4.93. The first-order chi connectivity index (χ1) is 7.40. The summed E-state index contributed by atoms with van der Waals surface area (Å²) >= 11 is 0. The van der Waals surface area contributed by atoms with Crippen molar-refractivity contribution in [1.29, 1.82) is 0 Å². The number of fused-ring (bicyclic) bond motifs is 1. The fourth-order valence-electron chi connectivity index (χ4n) is 2.95. The molecule has 1 saturated carbocycles. The molecule has 0 radical (unpaired) electrons. The van der Waals surface area contributed by atoms with Crippen molar-refractivity contribution < 1.29 is 0 Å². The lowest BCUT2D eigenvalue weighted by atomic mass is 9.72. The predicted octanol–water partition coefficient (Wildman–Crippen LogP) is 2.71. The maximum Gasteiger partial charge on any atom is 0.0167 e. The summed E-state index contributed by atoms with van der Waals surface area (Å²) in [5.41, 5.74) is 3.18. The second-order valence-corrected chi connectivity index (χ2v) is 4.93. The first-order valence-corrected chi connectivity index (χ1v) is 6.21. The lowest BCUT2D eigenvalue weighted by Gasteiger charge is -2.37. The molecule has 80 valence electrons. The summed E-state index contributed by atoms with van der Waals surface area (Å²) in [5, 5.41) is 3.69. The second kappa shape index (κ2) is 3.64. The molecule has 1 N–H and O–H groups in total. The highest BCUT2D eigenvalue weighted by Crippen LogP contribution is 2.45. The van der Waals surface area contributed by atoms with E-state index in [1.165, 1.54) is 19.3 Å². The van der Waals surface area contributed by atoms with Crippen LogP contribution in [0.3, 0.4) is 0 Å². The molecular weight excluding hydrogens is 182 g/mol. The topological polar surface area (TPSA) is 12.0 Å². The fourth-order valence-corrected chi connectivity index (χ4v) is 2.95. The highest BCUT2D eigenvalue weighted by molar-refractivity contribution is 5.41. The molecule has 1 aromatic carbocycles. The quantitative estimate of drug-likeness (QED) is 0.789. The van der Waals surface area contributed by atoms with Crippen molar-refractivity contribution in [3.05, 3.63) is 35.4 Å². The van der Waals surface area contributed by atoms with Gasteiger partial charge in [-0.1, -0.05) is 31.2 Å². The van der Waals surface area contributed by atoms with Crippen molar-refractivity contribution in [2.24, 2.45) is 5.92 Å². The Hall–Kier alpha value is -0.820. The van der Waals surface area contributed by atoms with Crippen LogP contribution in [0.15, 0.2) is 24.3 Å². The standard InChI is InChI=1S/C14H19N/c1-2-15-14(10-7-8-10)13-9-11-5-3-4-6-12(11)13/h3-6,10,13-15H,2,7-9H2,1H3. The van der Waals surface area contributed by atoms with E-state index in [1.807, 2.05) is 0 Å². The van der Waals surface area contributed by atoms with Crippen LogP contribution in [0.2, 0.25) is 0 Å². The number of benzene rings is 1. The number of hydrogen-bond acceptors (Lipinski definition) is 1. The first kappa shape index (κ1) is 9.41. The normalized spacial score (nSPS) is 25.5. The summed E-state index contributed by atoms with van der Waals surface area (Å²) in [5.74, 6) is 1.76. The number of likely N-dealkylation sites (N-methyl/N-ethyl adjacent to an activating group) is 1. The van der Waals surface area contributed by atoms with Crippen LogP contribution in [0.25, 0.3) is 0 Å². The van der Waals surface area contributed by atoms with E-state index in [4.69, 9.17) is 0 Å². The zero-order valence-electron chi connectivity index (χ0n) is 9.37. The summed E-state index contributed by atoms with van der Waals surface area (Å²) in [7, 11) is 0. The van der Waals surface area contributed by atoms with E-state index in [0.29, 0.717) is 0 Å². The van der Waals surface area contributed by atoms with Gasteiger partial charge in [-0.25, -0.2) is 0 Å². The minimum atomic E-state index is 0.755. The van der Waals surface area contributed by atoms with Gasteiger partial charge in [0.1, 0.15) is 0 Å². The first-order valence-electron chi connectivity index (χ1n) is 6.21. The molecule has 2 aliphatic carbocycles. The van der Waals surface area contributed by atoms with E-state index >= 15 is 0 Å². The lowest BCUT2D eigenvalue weighted by molar-refractivity contribution is 0.370. The van der Waals surface area contributed by atoms with Crippen LogP contribution in [0, 0.1) is 5.92 Å². The SMILES string of the molecule is CCNC(C1CC1)C1Cc2ccccc21. The number of hydrogen-bond donors (Lipinski definition) is 1. The summed E-state index contributed by atoms with van der Waals surface area (Å²) in [6.45, 7) is 3.33. The third-order valence-corrected chi connectivity index (χ3v) is 3.90. The van der Waals surface area contributed by atoms with Gasteiger partial charge in [0.2, 0.25) is 0 Å². The Morgan fingerprint density at radius 1 is 1.33 bits per heavy atom. The van der Waals surface area contributed by atoms with Gasteiger partial charge in [0.05, 0.1) is 0 Å². The Morgan fingerprint density at radius 3 is 2.80 bits per heavy atom. The molecule has 0 aliphatic heterocycles. The zero-order chi connectivity index (χ0) is 10.3. The van der Waals surface area contributed by atoms with Crippen LogP contribution >= 0.6 is 0 Å². The van der Waals surface area contributed by atoms with Crippen molar-refractivity contribution in [3.63, 3.8) is 0 Å². The summed E-state index contributed by atoms with van der Waals surface area (Å²) in [6.07, 6.45) is 4.18. The zero-order valence-corrected chi connectivity index (χ0v) is 9.37. The van der Waals surface area contributed by atoms with Gasteiger partial charge >= 0.3 is 0 Å². The molecule has 2 atom stereocenters. The van der Waals surface area contributed by atoms with Gasteiger partial charge in [0.25, 0.3) is 0 Å². The Labute approximate surface area is 91.9 Å². The van der Waals surface area contributed by atoms with Gasteiger partial charge in [-0.15, -0.1) is 0 Å². The third kappa shape index (κ3) is 1.59. The van der Waals surface area contributed by atoms with Crippen molar-refractivity contribution in [2.75, 3.05) is 6.54 Å². The smallest absolute Gasteiger partial charge is 0.0167 e. The van der Waals surface area contributed by atoms with E-state index in [9.17, 15) is 0 Å². The van der Waals surface area contributed by atoms with Crippen molar-refractivity contribution in [1.82, 2.24) is 5.32 Å². The van der Waals surface area contributed by atoms with Gasteiger partial charge in [-0.2, -0.15) is 0 Å². The van der Waals surface area contributed by atoms with Crippen molar-refractivity contribution in [2.45, 2.75) is 38.1 Å². The minimum Gasteiger partial charge on any atom is -0.313 e. The Kier molecular flexibility index (Phi) is 2.28. The minimum absolute atomic E-state index is 0.755. The maximum atomic E-state index is 3.69. The Morgan fingerprint density at radius 2 is 2.13 bits per heavy atom. The molecule has 1 aromatic rings. The van der Waals surface area contributed by atoms with Crippen LogP contribution in [0.4, 0.5) is 0 Å². The molecule has 1 fully saturated rings. The van der Waals surface area contributed by atoms with Crippen LogP contribution in [-0.2, 0) is 6.42 Å². The van der Waals surface area contributed by atoms with E-state index in [0.717, 1.165) is 24.4 Å². The van der Waals surface area contributed by atoms with Crippen LogP contribution in [-0.4, -0.2) is 12.6 Å². The summed E-state index contributed by atoms with van der Waals surface area (Å²) < 4.78 is 0. The highest BCUT2D eigenvalue weighted by atomic mass is 14.9. The summed E-state index contributed by atoms with van der Waals surface area (Å²) in [4.78, 5) is 0. The van der Waals surface area contributed by atoms with Gasteiger partial charge in [-0.3, -0.25) is 0 Å². The molecule has 3 rings (SSSR count). The Balaban J connectivity index is 1.78. The molecule has 2 unspecified atom stereocenters. The van der Waals surface area contributed by atoms with Gasteiger partial charge in [0.15, 0.2) is 0 Å². The molecular formula is C14H19N. The van der Waals surface area contributed by atoms with Crippen molar-refractivity contribution in [3.8, 4) is 0 Å². The average molecular weight is 201 g/mol. The molecule has 0 heterocycles. The molecule has 2 aliphatic rings. The molecule has 15 heavy (non-hydrogen) atoms. The molecule has 1 nitrogen and oxygen atoms in total. The van der Waals surface area contributed by atoms with E-state index in [1.54, 1.807) is 11.1 Å². The van der Waals surface area contributed by atoms with Crippen LogP contribution in [0.5, 0.6) is 0 Å². The molecule has 1 heteroatoms. The largest absolute Gasteiger partial charge is 0.313 e. The van der Waals surface area contributed by atoms with E-state index < -0.39 is 0 Å². The molecule has 0 spiro atoms. The fraction of sp³-hybridized carbons (Fsp3) is 0.571. The third-order valence-electron chi connectivity index (χ3n) is 3.90. The molecule has 0 bridgehead atoms. The number of rotatable bonds is 4. The molecule has 0 amide bonds. The highest BCUT2D eigenvalue weighted by Gasteiger charge is 2.40. The van der Waals surface area contributed by atoms with E-state index in [-0.39, 0.29) is 0 Å². The Bertz CT molecular complexity index is 354. The van der Waals surface area contributed by atoms with Gasteiger partial charge in [-0.05, 0) is 42.9 Å². The average Bonchev–Trinajstić information content (AvgIpc) is 3.02. The van der Waals surface area contributed by atoms with E-state index in [2.05, 4.69) is 36.5 Å². The molecule has 0 saturated heterocycles. The maximum absolute atomic E-state index is 3.69. The lowest BCUT2D eigenvalue weighted by Crippen LogP contribution is -2.41. The summed E-state index contributed by atoms with van der Waals surface area (Å²) in [6, 6.07) is 9.69. The van der Waals surface area contributed by atoms with Gasteiger partial charge in [0, 0.05) is 12.0 Å². The predicted molar refractivity (Wildman–Crippen MR) is 63.1 cm³/mol. The van der Waals surface area contributed by atoms with Crippen molar-refractivity contribution >= 4 is 0 Å². The van der Waals surface area contributed by atoms with Crippen LogP contribution in [0.1, 0.15) is 36.8 Å². The van der Waals surface area contributed by atoms with Crippen LogP contribution < -0.4 is 5.32 Å².